The number of carbonyl (C=O) groups is 1. The van der Waals surface area contributed by atoms with E-state index in [0.29, 0.717) is 0 Å². The maximum absolute atomic E-state index is 12.8. The zero-order valence-corrected chi connectivity index (χ0v) is 13.8. The van der Waals surface area contributed by atoms with Crippen LogP contribution in [0.3, 0.4) is 0 Å². The molecule has 0 saturated carbocycles. The molecule has 0 aliphatic rings. The molecule has 2 aromatic rings. The summed E-state index contributed by atoms with van der Waals surface area (Å²) in [4.78, 5) is 14.6. The lowest BCUT2D eigenvalue weighted by atomic mass is 10.1. The van der Waals surface area contributed by atoms with E-state index >= 15 is 0 Å². The second-order valence-corrected chi connectivity index (χ2v) is 5.54. The Hall–Kier alpha value is -1.61. The summed E-state index contributed by atoms with van der Waals surface area (Å²) in [6.07, 6.45) is 2.07. The third kappa shape index (κ3) is 4.18. The maximum Gasteiger partial charge on any atom is 0.258 e. The van der Waals surface area contributed by atoms with Crippen LogP contribution in [0.2, 0.25) is 0 Å². The Morgan fingerprint density at radius 1 is 1.05 bits per heavy atom. The fourth-order valence-corrected chi connectivity index (χ4v) is 2.54. The molecule has 3 heteroatoms. The first-order valence-electron chi connectivity index (χ1n) is 7.28. The van der Waals surface area contributed by atoms with E-state index in [2.05, 4.69) is 22.9 Å². The minimum Gasteiger partial charge on any atom is -0.308 e. The van der Waals surface area contributed by atoms with E-state index in [1.807, 2.05) is 59.5 Å². The Balaban J connectivity index is 2.24. The van der Waals surface area contributed by atoms with Crippen molar-refractivity contribution in [1.82, 2.24) is 0 Å². The summed E-state index contributed by atoms with van der Waals surface area (Å²) in [5, 5.41) is 0.805. The minimum atomic E-state index is 0.0655. The van der Waals surface area contributed by atoms with Crippen molar-refractivity contribution in [1.29, 1.82) is 0 Å². The number of rotatable bonds is 6. The Morgan fingerprint density at radius 3 is 2.29 bits per heavy atom. The van der Waals surface area contributed by atoms with E-state index in [9.17, 15) is 4.79 Å². The van der Waals surface area contributed by atoms with E-state index in [4.69, 9.17) is 0 Å². The number of amides is 1. The van der Waals surface area contributed by atoms with E-state index in [1.54, 1.807) is 0 Å². The second-order valence-electron chi connectivity index (χ2n) is 4.98. The molecular formula is C18H20BrNO. The molecule has 21 heavy (non-hydrogen) atoms. The molecular weight excluding hydrogens is 326 g/mol. The molecule has 0 unspecified atom stereocenters. The molecule has 2 nitrogen and oxygen atoms in total. The summed E-state index contributed by atoms with van der Waals surface area (Å²) in [5.41, 5.74) is 2.87. The van der Waals surface area contributed by atoms with Gasteiger partial charge in [-0.05, 0) is 36.2 Å². The van der Waals surface area contributed by atoms with Crippen LogP contribution in [-0.2, 0) is 5.33 Å². The SMILES string of the molecule is CCCCN(C(=O)c1ccc(CBr)cc1)c1ccccc1. The monoisotopic (exact) mass is 345 g/mol. The van der Waals surface area contributed by atoms with Crippen LogP contribution in [0.5, 0.6) is 0 Å². The van der Waals surface area contributed by atoms with Crippen molar-refractivity contribution in [3.63, 3.8) is 0 Å². The quantitative estimate of drug-likeness (QED) is 0.672. The van der Waals surface area contributed by atoms with E-state index in [-0.39, 0.29) is 5.91 Å². The Kier molecular flexibility index (Phi) is 6.00. The van der Waals surface area contributed by atoms with Crippen LogP contribution in [0.4, 0.5) is 5.69 Å². The van der Waals surface area contributed by atoms with Gasteiger partial charge in [0.15, 0.2) is 0 Å². The zero-order valence-electron chi connectivity index (χ0n) is 12.3. The lowest BCUT2D eigenvalue weighted by Crippen LogP contribution is -2.31. The van der Waals surface area contributed by atoms with Gasteiger partial charge in [0.2, 0.25) is 0 Å². The number of alkyl halides is 1. The van der Waals surface area contributed by atoms with E-state index in [1.165, 1.54) is 5.56 Å². The predicted molar refractivity (Wildman–Crippen MR) is 92.1 cm³/mol. The van der Waals surface area contributed by atoms with Crippen LogP contribution < -0.4 is 4.90 Å². The molecule has 0 radical (unpaired) electrons. The van der Waals surface area contributed by atoms with Gasteiger partial charge in [0.05, 0.1) is 0 Å². The third-order valence-corrected chi connectivity index (χ3v) is 4.05. The molecule has 1 amide bonds. The highest BCUT2D eigenvalue weighted by Crippen LogP contribution is 2.18. The summed E-state index contributed by atoms with van der Waals surface area (Å²) in [6.45, 7) is 2.89. The van der Waals surface area contributed by atoms with Crippen molar-refractivity contribution >= 4 is 27.5 Å². The number of nitrogens with zero attached hydrogens (tertiary/aromatic N) is 1. The van der Waals surface area contributed by atoms with Crippen molar-refractivity contribution in [3.8, 4) is 0 Å². The predicted octanol–water partition coefficient (Wildman–Crippen LogP) is 5.03. The van der Waals surface area contributed by atoms with Crippen molar-refractivity contribution in [2.24, 2.45) is 0 Å². The molecule has 0 N–H and O–H groups in total. The van der Waals surface area contributed by atoms with Crippen molar-refractivity contribution in [2.75, 3.05) is 11.4 Å². The molecule has 0 aliphatic carbocycles. The summed E-state index contributed by atoms with van der Waals surface area (Å²) < 4.78 is 0. The van der Waals surface area contributed by atoms with Gasteiger partial charge in [-0.2, -0.15) is 0 Å². The number of hydrogen-bond donors (Lipinski definition) is 0. The lowest BCUT2D eigenvalue weighted by molar-refractivity contribution is 0.0986. The molecule has 0 aromatic heterocycles. The minimum absolute atomic E-state index is 0.0655. The number of unbranched alkanes of at least 4 members (excludes halogenated alkanes) is 1. The Labute approximate surface area is 134 Å². The summed E-state index contributed by atoms with van der Waals surface area (Å²) >= 11 is 3.42. The van der Waals surface area contributed by atoms with Gasteiger partial charge in [0.25, 0.3) is 5.91 Å². The molecule has 0 heterocycles. The summed E-state index contributed by atoms with van der Waals surface area (Å²) in [7, 11) is 0. The number of hydrogen-bond acceptors (Lipinski definition) is 1. The first kappa shape index (κ1) is 15.8. The Morgan fingerprint density at radius 2 is 1.71 bits per heavy atom. The number of anilines is 1. The molecule has 2 aromatic carbocycles. The molecule has 0 spiro atoms. The molecule has 0 bridgehead atoms. The Bertz CT molecular complexity index is 566. The molecule has 0 fully saturated rings. The van der Waals surface area contributed by atoms with Crippen LogP contribution in [-0.4, -0.2) is 12.5 Å². The van der Waals surface area contributed by atoms with E-state index in [0.717, 1.165) is 36.0 Å². The summed E-state index contributed by atoms with van der Waals surface area (Å²) in [6, 6.07) is 17.7. The van der Waals surface area contributed by atoms with Gasteiger partial charge in [-0.25, -0.2) is 0 Å². The second kappa shape index (κ2) is 7.99. The first-order valence-corrected chi connectivity index (χ1v) is 8.40. The molecule has 2 rings (SSSR count). The van der Waals surface area contributed by atoms with E-state index < -0.39 is 0 Å². The normalized spacial score (nSPS) is 10.4. The van der Waals surface area contributed by atoms with Gasteiger partial charge in [0.1, 0.15) is 0 Å². The fraction of sp³-hybridized carbons (Fsp3) is 0.278. The maximum atomic E-state index is 12.8. The smallest absolute Gasteiger partial charge is 0.258 e. The number of benzene rings is 2. The van der Waals surface area contributed by atoms with Crippen molar-refractivity contribution < 1.29 is 4.79 Å². The van der Waals surface area contributed by atoms with Gasteiger partial charge in [-0.3, -0.25) is 4.79 Å². The number of halogens is 1. The lowest BCUT2D eigenvalue weighted by Gasteiger charge is -2.23. The highest BCUT2D eigenvalue weighted by Gasteiger charge is 2.16. The molecule has 0 aliphatic heterocycles. The average molecular weight is 346 g/mol. The van der Waals surface area contributed by atoms with Crippen LogP contribution in [0.15, 0.2) is 54.6 Å². The fourth-order valence-electron chi connectivity index (χ4n) is 2.16. The van der Waals surface area contributed by atoms with Crippen LogP contribution >= 0.6 is 15.9 Å². The topological polar surface area (TPSA) is 20.3 Å². The number of para-hydroxylation sites is 1. The van der Waals surface area contributed by atoms with Gasteiger partial charge >= 0.3 is 0 Å². The van der Waals surface area contributed by atoms with Crippen LogP contribution in [0.25, 0.3) is 0 Å². The molecule has 110 valence electrons. The van der Waals surface area contributed by atoms with Crippen molar-refractivity contribution in [2.45, 2.75) is 25.1 Å². The van der Waals surface area contributed by atoms with Gasteiger partial charge in [-0.15, -0.1) is 0 Å². The van der Waals surface area contributed by atoms with Crippen LogP contribution in [0, 0.1) is 0 Å². The first-order chi connectivity index (χ1) is 10.3. The highest BCUT2D eigenvalue weighted by molar-refractivity contribution is 9.08. The largest absolute Gasteiger partial charge is 0.308 e. The summed E-state index contributed by atoms with van der Waals surface area (Å²) in [5.74, 6) is 0.0655. The standard InChI is InChI=1S/C18H20BrNO/c1-2-3-13-20(17-7-5-4-6-8-17)18(21)16-11-9-15(14-19)10-12-16/h4-12H,2-3,13-14H2,1H3. The number of carbonyl (C=O) groups excluding carboxylic acids is 1. The molecule has 0 atom stereocenters. The average Bonchev–Trinajstić information content (AvgIpc) is 2.56. The zero-order chi connectivity index (χ0) is 15.1. The van der Waals surface area contributed by atoms with Gasteiger partial charge in [0, 0.05) is 23.1 Å². The highest BCUT2D eigenvalue weighted by atomic mass is 79.9. The van der Waals surface area contributed by atoms with Crippen LogP contribution in [0.1, 0.15) is 35.7 Å². The molecule has 0 saturated heterocycles. The van der Waals surface area contributed by atoms with Gasteiger partial charge < -0.3 is 4.90 Å². The van der Waals surface area contributed by atoms with Gasteiger partial charge in [-0.1, -0.05) is 59.6 Å². The van der Waals surface area contributed by atoms with Crippen molar-refractivity contribution in [3.05, 3.63) is 65.7 Å². The third-order valence-electron chi connectivity index (χ3n) is 3.40.